The number of para-hydroxylation sites is 1. The number of nitrogens with zero attached hydrogens (tertiary/aromatic N) is 1. The van der Waals surface area contributed by atoms with Gasteiger partial charge < -0.3 is 19.7 Å². The minimum absolute atomic E-state index is 0.113. The summed E-state index contributed by atoms with van der Waals surface area (Å²) in [7, 11) is 0. The third-order valence-electron chi connectivity index (χ3n) is 6.11. The zero-order valence-corrected chi connectivity index (χ0v) is 17.0. The molecule has 1 spiro atoms. The zero-order valence-electron chi connectivity index (χ0n) is 17.0. The summed E-state index contributed by atoms with van der Waals surface area (Å²) < 4.78 is 11.2. The molecule has 31 heavy (non-hydrogen) atoms. The Labute approximate surface area is 179 Å². The molecular formula is C24H22N2O5. The second kappa shape index (κ2) is 7.35. The van der Waals surface area contributed by atoms with Crippen LogP contribution in [0.1, 0.15) is 17.3 Å². The first-order chi connectivity index (χ1) is 15.0. The first kappa shape index (κ1) is 19.5. The van der Waals surface area contributed by atoms with Crippen molar-refractivity contribution in [3.63, 3.8) is 0 Å². The van der Waals surface area contributed by atoms with Gasteiger partial charge in [-0.3, -0.25) is 9.59 Å². The van der Waals surface area contributed by atoms with Crippen LogP contribution >= 0.6 is 0 Å². The highest BCUT2D eigenvalue weighted by Gasteiger charge is 2.67. The predicted octanol–water partition coefficient (Wildman–Crippen LogP) is 2.79. The van der Waals surface area contributed by atoms with Crippen molar-refractivity contribution in [1.82, 2.24) is 0 Å². The molecule has 1 N–H and O–H groups in total. The van der Waals surface area contributed by atoms with Crippen molar-refractivity contribution >= 4 is 29.2 Å². The number of hydrogen-bond donors (Lipinski definition) is 1. The molecule has 2 aromatic rings. The van der Waals surface area contributed by atoms with E-state index in [1.165, 1.54) is 0 Å². The zero-order chi connectivity index (χ0) is 21.6. The summed E-state index contributed by atoms with van der Waals surface area (Å²) in [6.45, 7) is 2.39. The number of carbonyl (C=O) groups excluding carboxylic acids is 3. The lowest BCUT2D eigenvalue weighted by Gasteiger charge is -2.23. The van der Waals surface area contributed by atoms with Crippen LogP contribution in [-0.4, -0.2) is 42.6 Å². The molecule has 0 unspecified atom stereocenters. The summed E-state index contributed by atoms with van der Waals surface area (Å²) in [6.07, 6.45) is 3.35. The van der Waals surface area contributed by atoms with E-state index in [9.17, 15) is 14.4 Å². The monoisotopic (exact) mass is 418 g/mol. The molecule has 7 heteroatoms. The SMILES string of the molecule is CCOC(=O)c1cccc(NC(=O)[C@H]2[C@H]3C(=O)N(c4ccccc4)C[C@@]34C=C[C@H]2O4)c1. The molecule has 2 aromatic carbocycles. The van der Waals surface area contributed by atoms with Crippen LogP contribution in [0.15, 0.2) is 66.7 Å². The van der Waals surface area contributed by atoms with Gasteiger partial charge in [-0.05, 0) is 37.3 Å². The van der Waals surface area contributed by atoms with Gasteiger partial charge in [0.2, 0.25) is 11.8 Å². The molecule has 2 saturated heterocycles. The van der Waals surface area contributed by atoms with E-state index in [0.717, 1.165) is 5.69 Å². The van der Waals surface area contributed by atoms with Crippen molar-refractivity contribution in [2.75, 3.05) is 23.4 Å². The average Bonchev–Trinajstić information content (AvgIpc) is 3.43. The van der Waals surface area contributed by atoms with Gasteiger partial charge in [0, 0.05) is 11.4 Å². The molecule has 0 aliphatic carbocycles. The maximum absolute atomic E-state index is 13.3. The van der Waals surface area contributed by atoms with Crippen molar-refractivity contribution in [3.8, 4) is 0 Å². The van der Waals surface area contributed by atoms with Gasteiger partial charge in [-0.25, -0.2) is 4.79 Å². The lowest BCUT2D eigenvalue weighted by Crippen LogP contribution is -2.41. The van der Waals surface area contributed by atoms with E-state index in [4.69, 9.17) is 9.47 Å². The molecule has 2 fully saturated rings. The van der Waals surface area contributed by atoms with Crippen molar-refractivity contribution in [2.45, 2.75) is 18.6 Å². The number of carbonyl (C=O) groups is 3. The molecule has 0 aromatic heterocycles. The van der Waals surface area contributed by atoms with Crippen LogP contribution in [0.2, 0.25) is 0 Å². The predicted molar refractivity (Wildman–Crippen MR) is 114 cm³/mol. The van der Waals surface area contributed by atoms with Crippen LogP contribution < -0.4 is 10.2 Å². The van der Waals surface area contributed by atoms with Gasteiger partial charge in [0.15, 0.2) is 0 Å². The molecule has 158 valence electrons. The van der Waals surface area contributed by atoms with E-state index >= 15 is 0 Å². The average molecular weight is 418 g/mol. The number of ether oxygens (including phenoxy) is 2. The van der Waals surface area contributed by atoms with E-state index < -0.39 is 29.5 Å². The molecule has 2 amide bonds. The number of amides is 2. The van der Waals surface area contributed by atoms with E-state index in [2.05, 4.69) is 5.32 Å². The quantitative estimate of drug-likeness (QED) is 0.596. The maximum atomic E-state index is 13.3. The summed E-state index contributed by atoms with van der Waals surface area (Å²) in [4.78, 5) is 40.2. The maximum Gasteiger partial charge on any atom is 0.338 e. The van der Waals surface area contributed by atoms with Crippen LogP contribution in [0.3, 0.4) is 0 Å². The smallest absolute Gasteiger partial charge is 0.338 e. The van der Waals surface area contributed by atoms with Gasteiger partial charge in [0.25, 0.3) is 0 Å². The second-order valence-corrected chi connectivity index (χ2v) is 7.95. The van der Waals surface area contributed by atoms with Crippen LogP contribution in [-0.2, 0) is 19.1 Å². The number of rotatable bonds is 5. The molecule has 0 radical (unpaired) electrons. The number of nitrogens with one attached hydrogen (secondary N) is 1. The Balaban J connectivity index is 1.38. The van der Waals surface area contributed by atoms with Crippen LogP contribution in [0.4, 0.5) is 11.4 Å². The Morgan fingerprint density at radius 1 is 1.19 bits per heavy atom. The summed E-state index contributed by atoms with van der Waals surface area (Å²) >= 11 is 0. The molecule has 0 saturated carbocycles. The standard InChI is InChI=1S/C24H22N2O5/c1-2-30-23(29)15-7-6-8-16(13-15)25-21(27)19-18-11-12-24(31-18)14-26(22(28)20(19)24)17-9-4-3-5-10-17/h3-13,18-20H,2,14H2,1H3,(H,25,27)/t18-,19-,20+,24+/m1/s1. The van der Waals surface area contributed by atoms with Crippen molar-refractivity contribution in [2.24, 2.45) is 11.8 Å². The first-order valence-corrected chi connectivity index (χ1v) is 10.3. The lowest BCUT2D eigenvalue weighted by atomic mass is 9.76. The second-order valence-electron chi connectivity index (χ2n) is 7.95. The van der Waals surface area contributed by atoms with Gasteiger partial charge in [-0.1, -0.05) is 36.4 Å². The summed E-state index contributed by atoms with van der Waals surface area (Å²) in [5.74, 6) is -2.09. The highest BCUT2D eigenvalue weighted by Crippen LogP contribution is 2.52. The minimum Gasteiger partial charge on any atom is -0.462 e. The van der Waals surface area contributed by atoms with Crippen LogP contribution in [0.5, 0.6) is 0 Å². The Morgan fingerprint density at radius 3 is 2.77 bits per heavy atom. The Kier molecular flexibility index (Phi) is 4.63. The molecule has 3 heterocycles. The van der Waals surface area contributed by atoms with E-state index in [1.807, 2.05) is 42.5 Å². The molecular weight excluding hydrogens is 396 g/mol. The number of hydrogen-bond acceptors (Lipinski definition) is 5. The van der Waals surface area contributed by atoms with Gasteiger partial charge in [0.05, 0.1) is 36.7 Å². The number of benzene rings is 2. The number of anilines is 2. The molecule has 5 rings (SSSR count). The summed E-state index contributed by atoms with van der Waals surface area (Å²) in [5, 5.41) is 2.86. The van der Waals surface area contributed by atoms with Gasteiger partial charge in [0.1, 0.15) is 5.60 Å². The topological polar surface area (TPSA) is 84.9 Å². The minimum atomic E-state index is -0.785. The molecule has 2 bridgehead atoms. The van der Waals surface area contributed by atoms with Crippen LogP contribution in [0, 0.1) is 11.8 Å². The highest BCUT2D eigenvalue weighted by atomic mass is 16.5. The molecule has 7 nitrogen and oxygen atoms in total. The third kappa shape index (κ3) is 3.13. The summed E-state index contributed by atoms with van der Waals surface area (Å²) in [5.41, 5.74) is 0.832. The van der Waals surface area contributed by atoms with Gasteiger partial charge >= 0.3 is 5.97 Å². The Bertz CT molecular complexity index is 1080. The van der Waals surface area contributed by atoms with E-state index in [0.29, 0.717) is 17.8 Å². The van der Waals surface area contributed by atoms with Crippen molar-refractivity contribution < 1.29 is 23.9 Å². The van der Waals surface area contributed by atoms with Crippen molar-refractivity contribution in [3.05, 3.63) is 72.3 Å². The fourth-order valence-electron chi connectivity index (χ4n) is 4.79. The first-order valence-electron chi connectivity index (χ1n) is 10.3. The number of fused-ring (bicyclic) bond motifs is 1. The molecule has 3 aliphatic heterocycles. The molecule has 4 atom stereocenters. The van der Waals surface area contributed by atoms with Gasteiger partial charge in [-0.15, -0.1) is 0 Å². The Morgan fingerprint density at radius 2 is 2.00 bits per heavy atom. The third-order valence-corrected chi connectivity index (χ3v) is 6.11. The van der Waals surface area contributed by atoms with Crippen molar-refractivity contribution in [1.29, 1.82) is 0 Å². The number of esters is 1. The summed E-state index contributed by atoms with van der Waals surface area (Å²) in [6, 6.07) is 16.0. The van der Waals surface area contributed by atoms with E-state index in [1.54, 1.807) is 36.1 Å². The molecule has 3 aliphatic rings. The normalized spacial score (nSPS) is 28.0. The van der Waals surface area contributed by atoms with Gasteiger partial charge in [-0.2, -0.15) is 0 Å². The van der Waals surface area contributed by atoms with E-state index in [-0.39, 0.29) is 18.4 Å². The van der Waals surface area contributed by atoms with Crippen LogP contribution in [0.25, 0.3) is 0 Å². The fourth-order valence-corrected chi connectivity index (χ4v) is 4.79. The lowest BCUT2D eigenvalue weighted by molar-refractivity contribution is -0.128. The highest BCUT2D eigenvalue weighted by molar-refractivity contribution is 6.05. The Hall–Kier alpha value is -3.45. The largest absolute Gasteiger partial charge is 0.462 e. The fraction of sp³-hybridized carbons (Fsp3) is 0.292.